The summed E-state index contributed by atoms with van der Waals surface area (Å²) in [6.07, 6.45) is 2.27. The van der Waals surface area contributed by atoms with Crippen LogP contribution in [0.5, 0.6) is 0 Å². The monoisotopic (exact) mass is 269 g/mol. The Labute approximate surface area is 114 Å². The fourth-order valence-electron chi connectivity index (χ4n) is 2.18. The quantitative estimate of drug-likeness (QED) is 0.727. The van der Waals surface area contributed by atoms with Crippen LogP contribution in [0, 0.1) is 0 Å². The maximum atomic E-state index is 12.1. The van der Waals surface area contributed by atoms with Crippen molar-refractivity contribution in [2.75, 3.05) is 39.8 Å². The van der Waals surface area contributed by atoms with Crippen molar-refractivity contribution in [3.05, 3.63) is 0 Å². The van der Waals surface area contributed by atoms with Gasteiger partial charge in [-0.1, -0.05) is 0 Å². The van der Waals surface area contributed by atoms with Crippen LogP contribution in [0.1, 0.15) is 19.8 Å². The Hall–Kier alpha value is -1.14. The first-order valence-electron chi connectivity index (χ1n) is 6.92. The van der Waals surface area contributed by atoms with Crippen LogP contribution < -0.4 is 5.32 Å². The molecule has 2 fully saturated rings. The first kappa shape index (κ1) is 14.3. The highest BCUT2D eigenvalue weighted by Gasteiger charge is 2.25. The van der Waals surface area contributed by atoms with Crippen LogP contribution in [0.3, 0.4) is 0 Å². The Morgan fingerprint density at radius 1 is 1.37 bits per heavy atom. The third-order valence-corrected chi connectivity index (χ3v) is 3.35. The Bertz CT molecular complexity index is 344. The van der Waals surface area contributed by atoms with Crippen LogP contribution >= 0.6 is 0 Å². The molecule has 0 radical (unpaired) electrons. The summed E-state index contributed by atoms with van der Waals surface area (Å²) in [5, 5.41) is 2.92. The van der Waals surface area contributed by atoms with E-state index < -0.39 is 0 Å². The molecule has 1 atom stereocenters. The number of nitrogens with one attached hydrogen (secondary N) is 1. The molecule has 19 heavy (non-hydrogen) atoms. The van der Waals surface area contributed by atoms with Gasteiger partial charge in [0.2, 0.25) is 11.8 Å². The number of nitrogens with zero attached hydrogens (tertiary/aromatic N) is 2. The Morgan fingerprint density at radius 2 is 2.11 bits per heavy atom. The number of amides is 2. The highest BCUT2D eigenvalue weighted by Crippen LogP contribution is 2.18. The van der Waals surface area contributed by atoms with E-state index in [0.717, 1.165) is 12.8 Å². The normalized spacial score (nSPS) is 23.5. The molecule has 0 aromatic rings. The molecule has 1 heterocycles. The van der Waals surface area contributed by atoms with Gasteiger partial charge in [0.25, 0.3) is 0 Å². The fraction of sp³-hybridized carbons (Fsp3) is 0.846. The highest BCUT2D eigenvalue weighted by molar-refractivity contribution is 5.81. The molecule has 0 unspecified atom stereocenters. The summed E-state index contributed by atoms with van der Waals surface area (Å²) in [4.78, 5) is 27.3. The molecule has 1 saturated heterocycles. The topological polar surface area (TPSA) is 61.9 Å². The second kappa shape index (κ2) is 6.34. The van der Waals surface area contributed by atoms with Crippen LogP contribution in [0.25, 0.3) is 0 Å². The van der Waals surface area contributed by atoms with Gasteiger partial charge in [0.15, 0.2) is 0 Å². The van der Waals surface area contributed by atoms with Crippen LogP contribution in [0.4, 0.5) is 0 Å². The lowest BCUT2D eigenvalue weighted by Crippen LogP contribution is -2.48. The molecule has 2 amide bonds. The fourth-order valence-corrected chi connectivity index (χ4v) is 2.18. The summed E-state index contributed by atoms with van der Waals surface area (Å²) in [6.45, 7) is 4.41. The van der Waals surface area contributed by atoms with Gasteiger partial charge >= 0.3 is 0 Å². The zero-order chi connectivity index (χ0) is 13.8. The molecule has 0 spiro atoms. The van der Waals surface area contributed by atoms with Gasteiger partial charge < -0.3 is 15.0 Å². The lowest BCUT2D eigenvalue weighted by Gasteiger charge is -2.32. The number of rotatable bonds is 5. The molecule has 6 heteroatoms. The van der Waals surface area contributed by atoms with Gasteiger partial charge in [-0.05, 0) is 26.8 Å². The van der Waals surface area contributed by atoms with E-state index in [4.69, 9.17) is 4.74 Å². The van der Waals surface area contributed by atoms with Crippen molar-refractivity contribution >= 4 is 11.8 Å². The van der Waals surface area contributed by atoms with Crippen molar-refractivity contribution in [2.45, 2.75) is 31.9 Å². The van der Waals surface area contributed by atoms with Crippen molar-refractivity contribution in [2.24, 2.45) is 0 Å². The number of ether oxygens (including phenoxy) is 1. The van der Waals surface area contributed by atoms with E-state index >= 15 is 0 Å². The number of carbonyl (C=O) groups excluding carboxylic acids is 2. The molecule has 0 aromatic heterocycles. The van der Waals surface area contributed by atoms with Crippen LogP contribution in [0.15, 0.2) is 0 Å². The zero-order valence-corrected chi connectivity index (χ0v) is 11.7. The second-order valence-corrected chi connectivity index (χ2v) is 5.54. The molecular weight excluding hydrogens is 246 g/mol. The standard InChI is InChI=1S/C13H23N3O3/c1-10-7-16(5-6-19-10)13(18)9-15(2)8-12(17)14-11-3-4-11/h10-11H,3-9H2,1-2H3,(H,14,17)/t10-/m1/s1. The van der Waals surface area contributed by atoms with E-state index in [0.29, 0.717) is 25.7 Å². The van der Waals surface area contributed by atoms with Crippen LogP contribution in [0.2, 0.25) is 0 Å². The lowest BCUT2D eigenvalue weighted by molar-refractivity contribution is -0.139. The largest absolute Gasteiger partial charge is 0.375 e. The average molecular weight is 269 g/mol. The number of morpholine rings is 1. The summed E-state index contributed by atoms with van der Waals surface area (Å²) < 4.78 is 5.41. The molecule has 0 bridgehead atoms. The minimum Gasteiger partial charge on any atom is -0.375 e. The molecule has 2 aliphatic rings. The summed E-state index contributed by atoms with van der Waals surface area (Å²) in [6, 6.07) is 0.372. The molecule has 2 rings (SSSR count). The van der Waals surface area contributed by atoms with Crippen molar-refractivity contribution in [1.82, 2.24) is 15.1 Å². The lowest BCUT2D eigenvalue weighted by atomic mass is 10.3. The maximum absolute atomic E-state index is 12.1. The molecule has 1 saturated carbocycles. The number of carbonyl (C=O) groups is 2. The van der Waals surface area contributed by atoms with E-state index in [9.17, 15) is 9.59 Å². The molecule has 108 valence electrons. The molecule has 1 aliphatic heterocycles. The Balaban J connectivity index is 1.69. The summed E-state index contributed by atoms with van der Waals surface area (Å²) in [5.74, 6) is 0.0741. The van der Waals surface area contributed by atoms with E-state index in [2.05, 4.69) is 5.32 Å². The van der Waals surface area contributed by atoms with Crippen molar-refractivity contribution in [3.63, 3.8) is 0 Å². The third kappa shape index (κ3) is 4.80. The number of hydrogen-bond acceptors (Lipinski definition) is 4. The molecular formula is C13H23N3O3. The molecule has 0 aromatic carbocycles. The van der Waals surface area contributed by atoms with Gasteiger partial charge in [-0.3, -0.25) is 14.5 Å². The first-order valence-corrected chi connectivity index (χ1v) is 6.92. The molecule has 1 N–H and O–H groups in total. The van der Waals surface area contributed by atoms with Gasteiger partial charge in [-0.25, -0.2) is 0 Å². The SMILES string of the molecule is C[C@@H]1CN(C(=O)CN(C)CC(=O)NC2CC2)CCO1. The summed E-state index contributed by atoms with van der Waals surface area (Å²) in [5.41, 5.74) is 0. The maximum Gasteiger partial charge on any atom is 0.236 e. The van der Waals surface area contributed by atoms with Gasteiger partial charge in [-0.15, -0.1) is 0 Å². The minimum atomic E-state index is 0.00754. The number of likely N-dealkylation sites (N-methyl/N-ethyl adjacent to an activating group) is 1. The van der Waals surface area contributed by atoms with Gasteiger partial charge in [0, 0.05) is 19.1 Å². The second-order valence-electron chi connectivity index (χ2n) is 5.54. The Morgan fingerprint density at radius 3 is 2.74 bits per heavy atom. The third-order valence-electron chi connectivity index (χ3n) is 3.35. The summed E-state index contributed by atoms with van der Waals surface area (Å²) >= 11 is 0. The van der Waals surface area contributed by atoms with E-state index in [1.807, 2.05) is 11.8 Å². The van der Waals surface area contributed by atoms with E-state index in [-0.39, 0.29) is 31.0 Å². The zero-order valence-electron chi connectivity index (χ0n) is 11.7. The van der Waals surface area contributed by atoms with Crippen LogP contribution in [-0.4, -0.2) is 73.6 Å². The molecule has 1 aliphatic carbocycles. The smallest absolute Gasteiger partial charge is 0.236 e. The van der Waals surface area contributed by atoms with Crippen molar-refractivity contribution in [1.29, 1.82) is 0 Å². The molecule has 6 nitrogen and oxygen atoms in total. The van der Waals surface area contributed by atoms with Crippen LogP contribution in [-0.2, 0) is 14.3 Å². The van der Waals surface area contributed by atoms with Crippen molar-refractivity contribution < 1.29 is 14.3 Å². The van der Waals surface area contributed by atoms with E-state index in [1.165, 1.54) is 0 Å². The van der Waals surface area contributed by atoms with Gasteiger partial charge in [-0.2, -0.15) is 0 Å². The summed E-state index contributed by atoms with van der Waals surface area (Å²) in [7, 11) is 1.80. The predicted octanol–water partition coefficient (Wildman–Crippen LogP) is -0.556. The Kier molecular flexibility index (Phi) is 4.76. The first-order chi connectivity index (χ1) is 9.04. The van der Waals surface area contributed by atoms with E-state index in [1.54, 1.807) is 11.9 Å². The van der Waals surface area contributed by atoms with Gasteiger partial charge in [0.05, 0.1) is 25.8 Å². The minimum absolute atomic E-state index is 0.00754. The average Bonchev–Trinajstić information content (AvgIpc) is 3.12. The predicted molar refractivity (Wildman–Crippen MR) is 70.7 cm³/mol. The number of hydrogen-bond donors (Lipinski definition) is 1. The highest BCUT2D eigenvalue weighted by atomic mass is 16.5. The van der Waals surface area contributed by atoms with Crippen molar-refractivity contribution in [3.8, 4) is 0 Å². The van der Waals surface area contributed by atoms with Gasteiger partial charge in [0.1, 0.15) is 0 Å².